The summed E-state index contributed by atoms with van der Waals surface area (Å²) >= 11 is 12.3. The molecule has 3 N–H and O–H groups in total. The topological polar surface area (TPSA) is 44.3 Å². The maximum absolute atomic E-state index is 9.55. The maximum atomic E-state index is 9.55. The number of hydrogen-bond acceptors (Lipinski definition) is 3. The molecular formula is C21H20Cl2N2O. The van der Waals surface area contributed by atoms with Crippen molar-refractivity contribution in [3.05, 3.63) is 94.0 Å². The van der Waals surface area contributed by atoms with E-state index < -0.39 is 0 Å². The van der Waals surface area contributed by atoms with Crippen LogP contribution in [0.5, 0.6) is 5.75 Å². The average Bonchev–Trinajstić information content (AvgIpc) is 2.64. The SMILES string of the molecule is Oc1ccc(NC(CNCc2ccccc2)c2ccc(Cl)cc2)c(Cl)c1. The molecule has 0 fully saturated rings. The lowest BCUT2D eigenvalue weighted by molar-refractivity contribution is 0.475. The van der Waals surface area contributed by atoms with Crippen LogP contribution in [0.25, 0.3) is 0 Å². The number of benzene rings is 3. The van der Waals surface area contributed by atoms with E-state index in [-0.39, 0.29) is 11.8 Å². The smallest absolute Gasteiger partial charge is 0.117 e. The average molecular weight is 387 g/mol. The van der Waals surface area contributed by atoms with Crippen molar-refractivity contribution >= 4 is 28.9 Å². The van der Waals surface area contributed by atoms with Crippen molar-refractivity contribution in [3.63, 3.8) is 0 Å². The van der Waals surface area contributed by atoms with Gasteiger partial charge in [0.2, 0.25) is 0 Å². The summed E-state index contributed by atoms with van der Waals surface area (Å²) in [4.78, 5) is 0. The third-order valence-electron chi connectivity index (χ3n) is 4.08. The lowest BCUT2D eigenvalue weighted by atomic mass is 10.1. The molecular weight excluding hydrogens is 367 g/mol. The number of rotatable bonds is 7. The van der Waals surface area contributed by atoms with Crippen LogP contribution >= 0.6 is 23.2 Å². The van der Waals surface area contributed by atoms with Crippen molar-refractivity contribution in [1.29, 1.82) is 0 Å². The van der Waals surface area contributed by atoms with Crippen LogP contribution in [0.2, 0.25) is 10.0 Å². The highest BCUT2D eigenvalue weighted by Crippen LogP contribution is 2.29. The Labute approximate surface area is 163 Å². The van der Waals surface area contributed by atoms with Crippen molar-refractivity contribution < 1.29 is 5.11 Å². The molecule has 134 valence electrons. The fourth-order valence-corrected chi connectivity index (χ4v) is 3.07. The van der Waals surface area contributed by atoms with Gasteiger partial charge in [0, 0.05) is 24.2 Å². The van der Waals surface area contributed by atoms with Crippen molar-refractivity contribution in [2.45, 2.75) is 12.6 Å². The number of aromatic hydroxyl groups is 1. The van der Waals surface area contributed by atoms with E-state index >= 15 is 0 Å². The van der Waals surface area contributed by atoms with Gasteiger partial charge in [-0.2, -0.15) is 0 Å². The highest BCUT2D eigenvalue weighted by Gasteiger charge is 2.13. The highest BCUT2D eigenvalue weighted by molar-refractivity contribution is 6.33. The van der Waals surface area contributed by atoms with E-state index in [1.165, 1.54) is 11.6 Å². The molecule has 3 nitrogen and oxygen atoms in total. The van der Waals surface area contributed by atoms with Gasteiger partial charge in [0.25, 0.3) is 0 Å². The number of halogens is 2. The van der Waals surface area contributed by atoms with Crippen molar-refractivity contribution in [2.75, 3.05) is 11.9 Å². The maximum Gasteiger partial charge on any atom is 0.117 e. The molecule has 1 atom stereocenters. The number of anilines is 1. The Kier molecular flexibility index (Phi) is 6.40. The summed E-state index contributed by atoms with van der Waals surface area (Å²) in [7, 11) is 0. The quantitative estimate of drug-likeness (QED) is 0.460. The Morgan fingerprint density at radius 2 is 1.62 bits per heavy atom. The molecule has 26 heavy (non-hydrogen) atoms. The Morgan fingerprint density at radius 3 is 2.31 bits per heavy atom. The zero-order valence-corrected chi connectivity index (χ0v) is 15.6. The number of phenolic OH excluding ortho intramolecular Hbond substituents is 1. The zero-order valence-electron chi connectivity index (χ0n) is 14.1. The van der Waals surface area contributed by atoms with E-state index in [9.17, 15) is 5.11 Å². The predicted molar refractivity (Wildman–Crippen MR) is 109 cm³/mol. The summed E-state index contributed by atoms with van der Waals surface area (Å²) in [6, 6.07) is 22.9. The van der Waals surface area contributed by atoms with Crippen LogP contribution in [0.4, 0.5) is 5.69 Å². The van der Waals surface area contributed by atoms with Crippen LogP contribution < -0.4 is 10.6 Å². The molecule has 0 aliphatic heterocycles. The van der Waals surface area contributed by atoms with Gasteiger partial charge in [-0.15, -0.1) is 0 Å². The van der Waals surface area contributed by atoms with Gasteiger partial charge in [-0.05, 0) is 35.4 Å². The van der Waals surface area contributed by atoms with Gasteiger partial charge in [-0.25, -0.2) is 0 Å². The van der Waals surface area contributed by atoms with Crippen LogP contribution in [0.15, 0.2) is 72.8 Å². The zero-order chi connectivity index (χ0) is 18.4. The first-order valence-electron chi connectivity index (χ1n) is 8.37. The second kappa shape index (κ2) is 8.95. The van der Waals surface area contributed by atoms with Crippen LogP contribution in [0.1, 0.15) is 17.2 Å². The Bertz CT molecular complexity index is 838. The Morgan fingerprint density at radius 1 is 0.885 bits per heavy atom. The molecule has 0 bridgehead atoms. The summed E-state index contributed by atoms with van der Waals surface area (Å²) in [5.74, 6) is 0.144. The van der Waals surface area contributed by atoms with Crippen molar-refractivity contribution in [2.24, 2.45) is 0 Å². The first-order chi connectivity index (χ1) is 12.6. The standard InChI is InChI=1S/C21H20Cl2N2O/c22-17-8-6-16(7-9-17)21(14-24-13-15-4-2-1-3-5-15)25-20-11-10-18(26)12-19(20)23/h1-12,21,24-26H,13-14H2. The van der Waals surface area contributed by atoms with Gasteiger partial charge in [0.15, 0.2) is 0 Å². The van der Waals surface area contributed by atoms with E-state index in [1.807, 2.05) is 42.5 Å². The largest absolute Gasteiger partial charge is 0.508 e. The molecule has 0 radical (unpaired) electrons. The summed E-state index contributed by atoms with van der Waals surface area (Å²) in [5.41, 5.74) is 3.09. The summed E-state index contributed by atoms with van der Waals surface area (Å²) in [5, 5.41) is 17.7. The van der Waals surface area contributed by atoms with Gasteiger partial charge in [-0.3, -0.25) is 0 Å². The number of nitrogens with one attached hydrogen (secondary N) is 2. The summed E-state index contributed by atoms with van der Waals surface area (Å²) < 4.78 is 0. The minimum atomic E-state index is -0.00183. The first-order valence-corrected chi connectivity index (χ1v) is 9.12. The van der Waals surface area contributed by atoms with Crippen LogP contribution in [0, 0.1) is 0 Å². The van der Waals surface area contributed by atoms with E-state index in [1.54, 1.807) is 12.1 Å². The second-order valence-corrected chi connectivity index (χ2v) is 6.87. The lowest BCUT2D eigenvalue weighted by Crippen LogP contribution is -2.26. The minimum absolute atomic E-state index is 0.00183. The third-order valence-corrected chi connectivity index (χ3v) is 4.64. The predicted octanol–water partition coefficient (Wildman–Crippen LogP) is 5.64. The van der Waals surface area contributed by atoms with Crippen molar-refractivity contribution in [1.82, 2.24) is 5.32 Å². The molecule has 0 saturated carbocycles. The highest BCUT2D eigenvalue weighted by atomic mass is 35.5. The van der Waals surface area contributed by atoms with E-state index in [0.29, 0.717) is 16.6 Å². The van der Waals surface area contributed by atoms with E-state index in [4.69, 9.17) is 23.2 Å². The van der Waals surface area contributed by atoms with Crippen LogP contribution in [0.3, 0.4) is 0 Å². The molecule has 0 aromatic heterocycles. The van der Waals surface area contributed by atoms with Crippen LogP contribution in [-0.2, 0) is 6.54 Å². The Hall–Kier alpha value is -2.20. The number of hydrogen-bond donors (Lipinski definition) is 3. The van der Waals surface area contributed by atoms with Crippen molar-refractivity contribution in [3.8, 4) is 5.75 Å². The molecule has 0 heterocycles. The van der Waals surface area contributed by atoms with Gasteiger partial charge in [0.1, 0.15) is 5.75 Å². The van der Waals surface area contributed by atoms with Gasteiger partial charge in [0.05, 0.1) is 16.8 Å². The first kappa shape index (κ1) is 18.6. The molecule has 0 aliphatic carbocycles. The molecule has 5 heteroatoms. The van der Waals surface area contributed by atoms with E-state index in [2.05, 4.69) is 22.8 Å². The molecule has 3 aromatic carbocycles. The van der Waals surface area contributed by atoms with Gasteiger partial charge < -0.3 is 15.7 Å². The number of phenols is 1. The minimum Gasteiger partial charge on any atom is -0.508 e. The Balaban J connectivity index is 1.74. The fourth-order valence-electron chi connectivity index (χ4n) is 2.71. The summed E-state index contributed by atoms with van der Waals surface area (Å²) in [6.07, 6.45) is 0. The third kappa shape index (κ3) is 5.15. The molecule has 0 amide bonds. The molecule has 0 aliphatic rings. The normalized spacial score (nSPS) is 11.9. The fraction of sp³-hybridized carbons (Fsp3) is 0.143. The second-order valence-electron chi connectivity index (χ2n) is 6.03. The summed E-state index contributed by atoms with van der Waals surface area (Å²) in [6.45, 7) is 1.48. The lowest BCUT2D eigenvalue weighted by Gasteiger charge is -2.22. The monoisotopic (exact) mass is 386 g/mol. The molecule has 1 unspecified atom stereocenters. The molecule has 0 saturated heterocycles. The molecule has 0 spiro atoms. The van der Waals surface area contributed by atoms with E-state index in [0.717, 1.165) is 17.8 Å². The molecule has 3 aromatic rings. The van der Waals surface area contributed by atoms with Gasteiger partial charge >= 0.3 is 0 Å². The van der Waals surface area contributed by atoms with Gasteiger partial charge in [-0.1, -0.05) is 65.7 Å². The molecule has 3 rings (SSSR count). The van der Waals surface area contributed by atoms with Crippen LogP contribution in [-0.4, -0.2) is 11.7 Å².